The van der Waals surface area contributed by atoms with Crippen molar-refractivity contribution in [2.24, 2.45) is 0 Å². The fourth-order valence-corrected chi connectivity index (χ4v) is 11.4. The third-order valence-electron chi connectivity index (χ3n) is 14.5. The van der Waals surface area contributed by atoms with Crippen LogP contribution in [0.5, 0.6) is 0 Å². The van der Waals surface area contributed by atoms with Gasteiger partial charge in [0.1, 0.15) is 11.2 Å². The van der Waals surface area contributed by atoms with E-state index in [0.29, 0.717) is 17.5 Å². The number of benzene rings is 10. The number of nitrogens with zero attached hydrogens (tertiary/aromatic N) is 5. The average molecular weight is 882 g/mol. The van der Waals surface area contributed by atoms with E-state index in [4.69, 9.17) is 19.4 Å². The Hall–Kier alpha value is -9.13. The molecule has 6 nitrogen and oxygen atoms in total. The number of hydrogen-bond acceptors (Lipinski definition) is 5. The van der Waals surface area contributed by atoms with Gasteiger partial charge in [-0.3, -0.25) is 0 Å². The molecule has 69 heavy (non-hydrogen) atoms. The molecular weight excluding hydrogens is 843 g/mol. The molecule has 2 unspecified atom stereocenters. The quantitative estimate of drug-likeness (QED) is 0.172. The molecule has 322 valence electrons. The predicted molar refractivity (Wildman–Crippen MR) is 284 cm³/mol. The highest BCUT2D eigenvalue weighted by Crippen LogP contribution is 2.49. The van der Waals surface area contributed by atoms with Crippen LogP contribution in [-0.4, -0.2) is 25.6 Å². The Bertz CT molecular complexity index is 4340. The van der Waals surface area contributed by atoms with Gasteiger partial charge in [0.05, 0.1) is 28.3 Å². The van der Waals surface area contributed by atoms with Crippen LogP contribution in [-0.2, 0) is 0 Å². The number of furan rings is 1. The van der Waals surface area contributed by atoms with E-state index in [1.807, 2.05) is 18.2 Å². The molecule has 0 N–H and O–H groups in total. The van der Waals surface area contributed by atoms with E-state index in [9.17, 15) is 0 Å². The molecule has 0 saturated heterocycles. The first kappa shape index (κ1) is 38.0. The topological polar surface area (TPSA) is 60.0 Å². The standard InChI is InChI=1S/C63H39N5O/c1-3-17-39(18-4-1)61-64-62(42-31-32-54-50(35-42)46-25-13-14-29-53(46)67(54)43-21-5-2-6-22-43)66-63(65-61)49-28-15-27-48-51-37-57(45-24-11-12-26-47(45)60(51)69-59(48)49)68-55-33-30-38-16-9-10-23-44(38)58(55)52-34-40-19-7-8-20-41(40)36-56(52)68/h1-37,46,53H. The van der Waals surface area contributed by atoms with Crippen LogP contribution in [0.2, 0.25) is 0 Å². The summed E-state index contributed by atoms with van der Waals surface area (Å²) in [6.07, 6.45) is 8.93. The Balaban J connectivity index is 0.950. The number of hydrogen-bond donors (Lipinski definition) is 0. The van der Waals surface area contributed by atoms with Crippen LogP contribution in [0.25, 0.3) is 116 Å². The van der Waals surface area contributed by atoms with Crippen molar-refractivity contribution in [3.63, 3.8) is 0 Å². The summed E-state index contributed by atoms with van der Waals surface area (Å²) in [5, 5.41) is 11.5. The van der Waals surface area contributed by atoms with Gasteiger partial charge in [-0.15, -0.1) is 0 Å². The first-order valence-electron chi connectivity index (χ1n) is 23.6. The zero-order chi connectivity index (χ0) is 45.2. The summed E-state index contributed by atoms with van der Waals surface area (Å²) in [4.78, 5) is 18.2. The summed E-state index contributed by atoms with van der Waals surface area (Å²) in [5.41, 5.74) is 11.3. The van der Waals surface area contributed by atoms with Crippen LogP contribution in [0.4, 0.5) is 11.4 Å². The van der Waals surface area contributed by atoms with Crippen molar-refractivity contribution < 1.29 is 4.42 Å². The van der Waals surface area contributed by atoms with Gasteiger partial charge < -0.3 is 13.9 Å². The van der Waals surface area contributed by atoms with E-state index < -0.39 is 0 Å². The summed E-state index contributed by atoms with van der Waals surface area (Å²) in [6, 6.07) is 71.7. The molecular formula is C63H39N5O. The third kappa shape index (κ3) is 5.69. The summed E-state index contributed by atoms with van der Waals surface area (Å²) in [7, 11) is 0. The van der Waals surface area contributed by atoms with Crippen molar-refractivity contribution in [3.05, 3.63) is 230 Å². The smallest absolute Gasteiger partial charge is 0.167 e. The summed E-state index contributed by atoms with van der Waals surface area (Å²) >= 11 is 0. The second kappa shape index (κ2) is 14.7. The molecule has 0 fully saturated rings. The molecule has 0 spiro atoms. The molecule has 2 atom stereocenters. The van der Waals surface area contributed by atoms with Gasteiger partial charge in [0, 0.05) is 60.7 Å². The SMILES string of the molecule is C1=CC2c3cc(-c4nc(-c5ccccc5)nc(-c5cccc6c5oc5c7ccccc7c(-n7c8cc9ccccc9cc8c8c9ccccc9ccc87)cc65)n4)ccc3N(c3ccccc3)C2C=C1. The fourth-order valence-electron chi connectivity index (χ4n) is 11.4. The molecule has 3 aromatic heterocycles. The number of para-hydroxylation sites is 2. The average Bonchev–Trinajstić information content (AvgIpc) is 4.08. The highest BCUT2D eigenvalue weighted by molar-refractivity contribution is 6.25. The molecule has 0 radical (unpaired) electrons. The number of allylic oxidation sites excluding steroid dienone is 2. The van der Waals surface area contributed by atoms with Crippen LogP contribution in [0.3, 0.4) is 0 Å². The predicted octanol–water partition coefficient (Wildman–Crippen LogP) is 16.1. The molecule has 13 aromatic rings. The largest absolute Gasteiger partial charge is 0.455 e. The first-order chi connectivity index (χ1) is 34.2. The molecule has 0 bridgehead atoms. The lowest BCUT2D eigenvalue weighted by Crippen LogP contribution is -2.28. The number of fused-ring (bicyclic) bond motifs is 14. The van der Waals surface area contributed by atoms with Crippen LogP contribution >= 0.6 is 0 Å². The molecule has 0 saturated carbocycles. The van der Waals surface area contributed by atoms with E-state index in [1.165, 1.54) is 49.3 Å². The minimum Gasteiger partial charge on any atom is -0.455 e. The summed E-state index contributed by atoms with van der Waals surface area (Å²) < 4.78 is 9.62. The van der Waals surface area contributed by atoms with Crippen molar-refractivity contribution in [1.82, 2.24) is 19.5 Å². The van der Waals surface area contributed by atoms with E-state index in [1.54, 1.807) is 0 Å². The molecule has 1 aliphatic heterocycles. The lowest BCUT2D eigenvalue weighted by atomic mass is 9.90. The Morgan fingerprint density at radius 1 is 0.406 bits per heavy atom. The molecule has 4 heterocycles. The molecule has 2 aliphatic rings. The lowest BCUT2D eigenvalue weighted by molar-refractivity contribution is 0.673. The van der Waals surface area contributed by atoms with Crippen LogP contribution in [0.1, 0.15) is 11.5 Å². The highest BCUT2D eigenvalue weighted by atomic mass is 16.3. The molecule has 1 aliphatic carbocycles. The van der Waals surface area contributed by atoms with Gasteiger partial charge in [0.25, 0.3) is 0 Å². The maximum Gasteiger partial charge on any atom is 0.167 e. The second-order valence-corrected chi connectivity index (χ2v) is 18.3. The number of aromatic nitrogens is 4. The molecule has 6 heteroatoms. The molecule has 15 rings (SSSR count). The zero-order valence-corrected chi connectivity index (χ0v) is 37.2. The summed E-state index contributed by atoms with van der Waals surface area (Å²) in [5.74, 6) is 1.95. The van der Waals surface area contributed by atoms with Gasteiger partial charge in [-0.05, 0) is 87.8 Å². The van der Waals surface area contributed by atoms with Gasteiger partial charge >= 0.3 is 0 Å². The zero-order valence-electron chi connectivity index (χ0n) is 37.2. The monoisotopic (exact) mass is 881 g/mol. The number of anilines is 2. The van der Waals surface area contributed by atoms with Gasteiger partial charge in [-0.2, -0.15) is 0 Å². The lowest BCUT2D eigenvalue weighted by Gasteiger charge is -2.28. The second-order valence-electron chi connectivity index (χ2n) is 18.3. The minimum absolute atomic E-state index is 0.174. The van der Waals surface area contributed by atoms with E-state index in [-0.39, 0.29) is 12.0 Å². The Kier molecular flexibility index (Phi) is 8.09. The maximum absolute atomic E-state index is 7.15. The van der Waals surface area contributed by atoms with Crippen molar-refractivity contribution in [2.45, 2.75) is 12.0 Å². The Labute approximate surface area is 396 Å². The normalized spacial score (nSPS) is 15.4. The van der Waals surface area contributed by atoms with Crippen LogP contribution in [0, 0.1) is 0 Å². The maximum atomic E-state index is 7.15. The van der Waals surface area contributed by atoms with Crippen LogP contribution in [0.15, 0.2) is 229 Å². The van der Waals surface area contributed by atoms with Crippen molar-refractivity contribution in [3.8, 4) is 39.9 Å². The fraction of sp³-hybridized carbons (Fsp3) is 0.0317. The van der Waals surface area contributed by atoms with Gasteiger partial charge in [-0.1, -0.05) is 164 Å². The van der Waals surface area contributed by atoms with Crippen LogP contribution < -0.4 is 4.90 Å². The van der Waals surface area contributed by atoms with Gasteiger partial charge in [-0.25, -0.2) is 15.0 Å². The van der Waals surface area contributed by atoms with E-state index in [2.05, 4.69) is 216 Å². The molecule has 10 aromatic carbocycles. The summed E-state index contributed by atoms with van der Waals surface area (Å²) in [6.45, 7) is 0. The molecule has 0 amide bonds. The number of rotatable bonds is 5. The van der Waals surface area contributed by atoms with Crippen molar-refractivity contribution >= 4 is 87.4 Å². The van der Waals surface area contributed by atoms with Crippen molar-refractivity contribution in [2.75, 3.05) is 4.90 Å². The Morgan fingerprint density at radius 3 is 1.91 bits per heavy atom. The van der Waals surface area contributed by atoms with Gasteiger partial charge in [0.2, 0.25) is 0 Å². The third-order valence-corrected chi connectivity index (χ3v) is 14.5. The Morgan fingerprint density at radius 2 is 1.07 bits per heavy atom. The van der Waals surface area contributed by atoms with E-state index in [0.717, 1.165) is 66.1 Å². The van der Waals surface area contributed by atoms with Gasteiger partial charge in [0.15, 0.2) is 17.5 Å². The van der Waals surface area contributed by atoms with E-state index >= 15 is 0 Å². The first-order valence-corrected chi connectivity index (χ1v) is 23.6. The highest BCUT2D eigenvalue weighted by Gasteiger charge is 2.37. The van der Waals surface area contributed by atoms with Crippen molar-refractivity contribution in [1.29, 1.82) is 0 Å². The minimum atomic E-state index is 0.174.